The van der Waals surface area contributed by atoms with Gasteiger partial charge >= 0.3 is 0 Å². The van der Waals surface area contributed by atoms with Gasteiger partial charge in [0.1, 0.15) is 0 Å². The summed E-state index contributed by atoms with van der Waals surface area (Å²) in [5, 5.41) is 0. The summed E-state index contributed by atoms with van der Waals surface area (Å²) in [7, 11) is -1.72. The second-order valence-corrected chi connectivity index (χ2v) is 22.2. The van der Waals surface area contributed by atoms with Gasteiger partial charge in [-0.05, 0) is 57.0 Å². The van der Waals surface area contributed by atoms with Gasteiger partial charge < -0.3 is 13.1 Å². The molecule has 28 heavy (non-hydrogen) atoms. The molecule has 5 heteroatoms. The SMILES string of the molecule is C1CCN2CC3CC(CN4CCCCC34)C2C1.[CH2-][Si](C)(C)C.[CH2-][Si](C)(C)C.[Mn]. The number of hydrogen-bond donors (Lipinski definition) is 0. The standard InChI is InChI=1S/C15H26N2.2C4H11Si.Mn/c1-3-7-16-11-13-9-12(14(16)5-1)10-17-8-4-2-6-15(13)17;2*1-5(2,3)4;/h12-15H,1-11H2;2*1H2,2-4H3;/q;2*-1;. The van der Waals surface area contributed by atoms with Crippen molar-refractivity contribution < 1.29 is 17.1 Å². The molecule has 0 saturated carbocycles. The molecule has 2 nitrogen and oxygen atoms in total. The topological polar surface area (TPSA) is 6.48 Å². The first-order valence-corrected chi connectivity index (χ1v) is 19.0. The summed E-state index contributed by atoms with van der Waals surface area (Å²) in [6, 6.07) is 1.92. The van der Waals surface area contributed by atoms with E-state index >= 15 is 0 Å². The van der Waals surface area contributed by atoms with Gasteiger partial charge in [-0.15, -0.1) is 16.1 Å². The molecule has 4 unspecified atom stereocenters. The second kappa shape index (κ2) is 11.5. The van der Waals surface area contributed by atoms with Gasteiger partial charge in [0.15, 0.2) is 0 Å². The van der Waals surface area contributed by atoms with Crippen LogP contribution in [0.25, 0.3) is 0 Å². The van der Waals surface area contributed by atoms with Gasteiger partial charge in [0, 0.05) is 42.2 Å². The molecule has 167 valence electrons. The maximum absolute atomic E-state index is 3.91. The number of nitrogens with zero attached hydrogens (tertiary/aromatic N) is 2. The van der Waals surface area contributed by atoms with Crippen LogP contribution in [-0.4, -0.2) is 64.2 Å². The quantitative estimate of drug-likeness (QED) is 0.334. The van der Waals surface area contributed by atoms with Crippen LogP contribution in [0.4, 0.5) is 0 Å². The fourth-order valence-corrected chi connectivity index (χ4v) is 5.25. The van der Waals surface area contributed by atoms with E-state index in [0.717, 1.165) is 23.9 Å². The summed E-state index contributed by atoms with van der Waals surface area (Å²) < 4.78 is 0. The predicted molar refractivity (Wildman–Crippen MR) is 127 cm³/mol. The minimum Gasteiger partial charge on any atom is -0.342 e. The molecule has 0 amide bonds. The Morgan fingerprint density at radius 1 is 0.643 bits per heavy atom. The molecule has 4 rings (SSSR count). The number of fused-ring (bicyclic) bond motifs is 6. The average Bonchev–Trinajstić information content (AvgIpc) is 2.52. The average molecular weight is 464 g/mol. The number of hydrogen-bond acceptors (Lipinski definition) is 2. The first-order chi connectivity index (χ1) is 12.4. The van der Waals surface area contributed by atoms with E-state index in [2.05, 4.69) is 62.2 Å². The van der Waals surface area contributed by atoms with Crippen LogP contribution >= 0.6 is 0 Å². The Balaban J connectivity index is 0.000000303. The molecule has 4 atom stereocenters. The van der Waals surface area contributed by atoms with Crippen molar-refractivity contribution in [3.63, 3.8) is 0 Å². The van der Waals surface area contributed by atoms with Gasteiger partial charge in [-0.1, -0.05) is 52.1 Å². The molecule has 4 aliphatic heterocycles. The van der Waals surface area contributed by atoms with Crippen LogP contribution in [-0.2, 0) is 17.1 Å². The fraction of sp³-hybridized carbons (Fsp3) is 0.913. The van der Waals surface area contributed by atoms with Crippen LogP contribution in [0, 0.1) is 24.9 Å². The van der Waals surface area contributed by atoms with E-state index in [-0.39, 0.29) is 17.1 Å². The van der Waals surface area contributed by atoms with Gasteiger partial charge in [-0.25, -0.2) is 0 Å². The van der Waals surface area contributed by atoms with Crippen molar-refractivity contribution in [2.45, 2.75) is 96.3 Å². The molecule has 0 aromatic rings. The van der Waals surface area contributed by atoms with E-state index in [1.54, 1.807) is 6.42 Å². The van der Waals surface area contributed by atoms with Crippen molar-refractivity contribution in [2.75, 3.05) is 26.2 Å². The van der Waals surface area contributed by atoms with Crippen molar-refractivity contribution in [3.05, 3.63) is 13.1 Å². The third-order valence-corrected chi connectivity index (χ3v) is 5.96. The third-order valence-electron chi connectivity index (χ3n) is 5.96. The summed E-state index contributed by atoms with van der Waals surface area (Å²) in [5.41, 5.74) is 0. The maximum atomic E-state index is 3.91. The van der Waals surface area contributed by atoms with Gasteiger partial charge in [0.05, 0.1) is 0 Å². The molecule has 0 N–H and O–H groups in total. The molecule has 4 fully saturated rings. The summed E-state index contributed by atoms with van der Waals surface area (Å²) in [6.07, 6.45) is 10.5. The molecule has 0 aromatic carbocycles. The smallest absolute Gasteiger partial charge is 0.0136 e. The second-order valence-electron chi connectivity index (χ2n) is 12.0. The summed E-state index contributed by atoms with van der Waals surface area (Å²) >= 11 is 0. The van der Waals surface area contributed by atoms with E-state index in [1.807, 2.05) is 0 Å². The van der Waals surface area contributed by atoms with Crippen molar-refractivity contribution >= 4 is 16.1 Å². The van der Waals surface area contributed by atoms with E-state index in [0.29, 0.717) is 0 Å². The molecule has 1 radical (unpaired) electrons. The van der Waals surface area contributed by atoms with E-state index in [1.165, 1.54) is 64.7 Å². The van der Waals surface area contributed by atoms with E-state index in [4.69, 9.17) is 0 Å². The Morgan fingerprint density at radius 2 is 0.964 bits per heavy atom. The van der Waals surface area contributed by atoms with Crippen LogP contribution < -0.4 is 0 Å². The minimum atomic E-state index is -0.861. The van der Waals surface area contributed by atoms with E-state index in [9.17, 15) is 0 Å². The first-order valence-electron chi connectivity index (χ1n) is 11.6. The molecule has 4 heterocycles. The van der Waals surface area contributed by atoms with Gasteiger partial charge in [-0.3, -0.25) is 9.80 Å². The zero-order valence-electron chi connectivity index (χ0n) is 19.8. The van der Waals surface area contributed by atoms with Crippen molar-refractivity contribution in [1.29, 1.82) is 0 Å². The number of rotatable bonds is 0. The summed E-state index contributed by atoms with van der Waals surface area (Å²) in [5.74, 6) is 2.03. The molecule has 0 aliphatic carbocycles. The van der Waals surface area contributed by atoms with Crippen molar-refractivity contribution in [3.8, 4) is 0 Å². The normalized spacial score (nSPS) is 33.0. The Kier molecular flexibility index (Phi) is 11.0. The Morgan fingerprint density at radius 3 is 1.29 bits per heavy atom. The van der Waals surface area contributed by atoms with Crippen LogP contribution in [0.2, 0.25) is 39.3 Å². The molecular formula is C23H48MnN2Si2-2. The largest absolute Gasteiger partial charge is 0.342 e. The van der Waals surface area contributed by atoms with Crippen molar-refractivity contribution in [1.82, 2.24) is 9.80 Å². The van der Waals surface area contributed by atoms with Crippen LogP contribution in [0.3, 0.4) is 0 Å². The van der Waals surface area contributed by atoms with Crippen LogP contribution in [0.1, 0.15) is 44.9 Å². The maximum Gasteiger partial charge on any atom is 0.0136 e. The zero-order valence-corrected chi connectivity index (χ0v) is 23.0. The monoisotopic (exact) mass is 463 g/mol. The molecule has 4 saturated heterocycles. The summed E-state index contributed by atoms with van der Waals surface area (Å²) in [6.45, 7) is 26.8. The first kappa shape index (κ1) is 26.9. The minimum absolute atomic E-state index is 0. The van der Waals surface area contributed by atoms with E-state index < -0.39 is 16.1 Å². The van der Waals surface area contributed by atoms with Crippen LogP contribution in [0.15, 0.2) is 0 Å². The van der Waals surface area contributed by atoms with Gasteiger partial charge in [0.25, 0.3) is 0 Å². The molecule has 2 bridgehead atoms. The molecule has 0 aromatic heterocycles. The van der Waals surface area contributed by atoms with Crippen LogP contribution in [0.5, 0.6) is 0 Å². The zero-order chi connectivity index (χ0) is 20.2. The molecule has 0 spiro atoms. The molecular weight excluding hydrogens is 415 g/mol. The van der Waals surface area contributed by atoms with Crippen molar-refractivity contribution in [2.24, 2.45) is 11.8 Å². The Labute approximate surface area is 190 Å². The fourth-order valence-electron chi connectivity index (χ4n) is 5.25. The molecule has 4 aliphatic rings. The Hall–Kier alpha value is 0.873. The third kappa shape index (κ3) is 9.79. The van der Waals surface area contributed by atoms with Gasteiger partial charge in [0.2, 0.25) is 0 Å². The predicted octanol–water partition coefficient (Wildman–Crippen LogP) is 5.74. The van der Waals surface area contributed by atoms with Gasteiger partial charge in [-0.2, -0.15) is 0 Å². The Bertz CT molecular complexity index is 395. The summed E-state index contributed by atoms with van der Waals surface area (Å²) in [4.78, 5) is 5.74. The number of piperidine rings is 4.